The van der Waals surface area contributed by atoms with Gasteiger partial charge in [0.1, 0.15) is 5.60 Å². The van der Waals surface area contributed by atoms with Gasteiger partial charge in [0.25, 0.3) is 0 Å². The summed E-state index contributed by atoms with van der Waals surface area (Å²) in [6.07, 6.45) is 2.63. The molecule has 0 spiro atoms. The quantitative estimate of drug-likeness (QED) is 0.240. The van der Waals surface area contributed by atoms with E-state index in [-0.39, 0.29) is 54.5 Å². The van der Waals surface area contributed by atoms with E-state index < -0.39 is 15.6 Å². The lowest BCUT2D eigenvalue weighted by molar-refractivity contribution is 0.00700. The number of sulfonamides is 1. The first kappa shape index (κ1) is 27.2. The second-order valence-corrected chi connectivity index (χ2v) is 10.3. The number of amides is 1. The van der Waals surface area contributed by atoms with Crippen LogP contribution in [0.25, 0.3) is 0 Å². The van der Waals surface area contributed by atoms with Crippen molar-refractivity contribution in [1.29, 1.82) is 0 Å². The summed E-state index contributed by atoms with van der Waals surface area (Å²) in [6.45, 7) is 7.75. The van der Waals surface area contributed by atoms with Crippen LogP contribution in [0, 0.1) is 0 Å². The molecule has 2 fully saturated rings. The predicted molar refractivity (Wildman–Crippen MR) is 127 cm³/mol. The van der Waals surface area contributed by atoms with Crippen molar-refractivity contribution in [3.63, 3.8) is 0 Å². The minimum Gasteiger partial charge on any atom is -0.444 e. The number of aliphatic imine (C=N–C) groups is 1. The summed E-state index contributed by atoms with van der Waals surface area (Å²) in [7, 11) is -1.77. The Morgan fingerprint density at radius 2 is 1.97 bits per heavy atom. The van der Waals surface area contributed by atoms with Crippen molar-refractivity contribution in [3.8, 4) is 0 Å². The van der Waals surface area contributed by atoms with Gasteiger partial charge in [-0.3, -0.25) is 4.99 Å². The molecule has 176 valence electrons. The highest BCUT2D eigenvalue weighted by molar-refractivity contribution is 14.0. The minimum absolute atomic E-state index is 0. The summed E-state index contributed by atoms with van der Waals surface area (Å²) >= 11 is 0. The Morgan fingerprint density at radius 1 is 1.27 bits per heavy atom. The maximum atomic E-state index is 12.1. The molecule has 0 aliphatic carbocycles. The number of rotatable bonds is 7. The third-order valence-corrected chi connectivity index (χ3v) is 5.91. The molecule has 10 nitrogen and oxygen atoms in total. The first-order chi connectivity index (χ1) is 13.6. The maximum Gasteiger partial charge on any atom is 0.410 e. The van der Waals surface area contributed by atoms with Gasteiger partial charge >= 0.3 is 6.09 Å². The second kappa shape index (κ2) is 12.2. The molecule has 0 saturated carbocycles. The predicted octanol–water partition coefficient (Wildman–Crippen LogP) is 0.877. The Kier molecular flexibility index (Phi) is 11.1. The largest absolute Gasteiger partial charge is 0.444 e. The average molecular weight is 561 g/mol. The first-order valence-corrected chi connectivity index (χ1v) is 11.8. The van der Waals surface area contributed by atoms with E-state index in [1.807, 2.05) is 20.8 Å². The third-order valence-electron chi connectivity index (χ3n) is 4.57. The topological polar surface area (TPSA) is 121 Å². The van der Waals surface area contributed by atoms with Crippen molar-refractivity contribution in [3.05, 3.63) is 0 Å². The number of likely N-dealkylation sites (tertiary alicyclic amines) is 1. The second-order valence-electron chi connectivity index (χ2n) is 8.38. The standard InChI is InChI=1S/C18H35N5O5S.HI/c1-18(2,3)28-17(24)23-12-14(13-23)22-16(19-4)20-8-10-29(25,26)21-11-15-7-5-6-9-27-15;/h14-15,21H,5-13H2,1-4H3,(H2,19,20,22);1H. The number of guanidine groups is 1. The van der Waals surface area contributed by atoms with Gasteiger partial charge in [-0.1, -0.05) is 0 Å². The number of halogens is 1. The van der Waals surface area contributed by atoms with E-state index in [0.29, 0.717) is 32.2 Å². The van der Waals surface area contributed by atoms with E-state index in [0.717, 1.165) is 19.3 Å². The Balaban J connectivity index is 0.00000450. The zero-order valence-electron chi connectivity index (χ0n) is 18.3. The van der Waals surface area contributed by atoms with E-state index in [1.165, 1.54) is 0 Å². The molecule has 1 amide bonds. The summed E-state index contributed by atoms with van der Waals surface area (Å²) in [5.41, 5.74) is -0.518. The molecule has 2 rings (SSSR count). The molecule has 0 aromatic heterocycles. The average Bonchev–Trinajstić information content (AvgIpc) is 2.60. The lowest BCUT2D eigenvalue weighted by atomic mass is 10.1. The number of carbonyl (C=O) groups is 1. The van der Waals surface area contributed by atoms with Crippen LogP contribution in [0.1, 0.15) is 40.0 Å². The Labute approximate surface area is 197 Å². The van der Waals surface area contributed by atoms with Crippen molar-refractivity contribution >= 4 is 46.1 Å². The van der Waals surface area contributed by atoms with Crippen LogP contribution >= 0.6 is 24.0 Å². The molecule has 1 unspecified atom stereocenters. The van der Waals surface area contributed by atoms with E-state index in [9.17, 15) is 13.2 Å². The zero-order valence-corrected chi connectivity index (χ0v) is 21.4. The first-order valence-electron chi connectivity index (χ1n) is 10.1. The molecule has 3 N–H and O–H groups in total. The lowest BCUT2D eigenvalue weighted by Gasteiger charge is -2.40. The molecule has 0 radical (unpaired) electrons. The summed E-state index contributed by atoms with van der Waals surface area (Å²) in [6, 6.07) is 0.0481. The lowest BCUT2D eigenvalue weighted by Crippen LogP contribution is -2.63. The SMILES string of the molecule is CN=C(NCCS(=O)(=O)NCC1CCCCO1)NC1CN(C(=O)OC(C)(C)C)C1.I. The monoisotopic (exact) mass is 561 g/mol. The molecule has 2 saturated heterocycles. The molecule has 0 aromatic carbocycles. The van der Waals surface area contributed by atoms with Gasteiger partial charge < -0.3 is 25.0 Å². The molecule has 1 atom stereocenters. The van der Waals surface area contributed by atoms with Crippen molar-refractivity contribution in [2.24, 2.45) is 4.99 Å². The Hall–Kier alpha value is -0.860. The van der Waals surface area contributed by atoms with Crippen LogP contribution in [0.4, 0.5) is 4.79 Å². The van der Waals surface area contributed by atoms with Crippen LogP contribution < -0.4 is 15.4 Å². The Morgan fingerprint density at radius 3 is 2.53 bits per heavy atom. The normalized spacial score (nSPS) is 20.7. The fraction of sp³-hybridized carbons (Fsp3) is 0.889. The molecule has 2 heterocycles. The van der Waals surface area contributed by atoms with Gasteiger partial charge in [-0.2, -0.15) is 0 Å². The fourth-order valence-corrected chi connectivity index (χ4v) is 3.95. The van der Waals surface area contributed by atoms with Crippen LogP contribution in [0.3, 0.4) is 0 Å². The van der Waals surface area contributed by atoms with Crippen molar-refractivity contribution in [2.45, 2.75) is 57.8 Å². The minimum atomic E-state index is -3.39. The number of carbonyl (C=O) groups excluding carboxylic acids is 1. The van der Waals surface area contributed by atoms with Crippen LogP contribution in [-0.2, 0) is 19.5 Å². The number of ether oxygens (including phenoxy) is 2. The Bertz CT molecular complexity index is 671. The highest BCUT2D eigenvalue weighted by Gasteiger charge is 2.34. The number of hydrogen-bond donors (Lipinski definition) is 3. The summed E-state index contributed by atoms with van der Waals surface area (Å²) < 4.78 is 37.7. The van der Waals surface area contributed by atoms with Gasteiger partial charge in [0.2, 0.25) is 10.0 Å². The zero-order chi connectivity index (χ0) is 21.5. The molecular weight excluding hydrogens is 525 g/mol. The van der Waals surface area contributed by atoms with Crippen LogP contribution in [0.15, 0.2) is 4.99 Å². The van der Waals surface area contributed by atoms with Crippen molar-refractivity contribution in [2.75, 3.05) is 45.6 Å². The third kappa shape index (κ3) is 9.96. The fourth-order valence-electron chi connectivity index (χ4n) is 3.00. The van der Waals surface area contributed by atoms with E-state index in [1.54, 1.807) is 11.9 Å². The van der Waals surface area contributed by atoms with Crippen LogP contribution in [0.2, 0.25) is 0 Å². The van der Waals surface area contributed by atoms with E-state index in [4.69, 9.17) is 9.47 Å². The molecule has 2 aliphatic rings. The van der Waals surface area contributed by atoms with Crippen molar-refractivity contribution < 1.29 is 22.7 Å². The number of nitrogens with zero attached hydrogens (tertiary/aromatic N) is 2. The highest BCUT2D eigenvalue weighted by Crippen LogP contribution is 2.15. The van der Waals surface area contributed by atoms with E-state index in [2.05, 4.69) is 20.3 Å². The molecule has 0 aromatic rings. The molecule has 30 heavy (non-hydrogen) atoms. The van der Waals surface area contributed by atoms with Crippen molar-refractivity contribution in [1.82, 2.24) is 20.3 Å². The molecular formula is C18H36IN5O5S. The van der Waals surface area contributed by atoms with Gasteiger partial charge in [-0.15, -0.1) is 24.0 Å². The number of hydrogen-bond acceptors (Lipinski definition) is 6. The highest BCUT2D eigenvalue weighted by atomic mass is 127. The summed E-state index contributed by atoms with van der Waals surface area (Å²) in [5, 5.41) is 6.17. The van der Waals surface area contributed by atoms with Crippen LogP contribution in [-0.4, -0.2) is 88.7 Å². The van der Waals surface area contributed by atoms with Crippen LogP contribution in [0.5, 0.6) is 0 Å². The van der Waals surface area contributed by atoms with Gasteiger partial charge in [-0.05, 0) is 40.0 Å². The summed E-state index contributed by atoms with van der Waals surface area (Å²) in [4.78, 5) is 17.7. The van der Waals surface area contributed by atoms with Gasteiger partial charge in [0, 0.05) is 39.8 Å². The molecule has 12 heteroatoms. The number of nitrogens with one attached hydrogen (secondary N) is 3. The van der Waals surface area contributed by atoms with E-state index >= 15 is 0 Å². The van der Waals surface area contributed by atoms with Gasteiger partial charge in [0.05, 0.1) is 17.9 Å². The van der Waals surface area contributed by atoms with Gasteiger partial charge in [0.15, 0.2) is 5.96 Å². The maximum absolute atomic E-state index is 12.1. The van der Waals surface area contributed by atoms with Gasteiger partial charge in [-0.25, -0.2) is 17.9 Å². The molecule has 0 bridgehead atoms. The smallest absolute Gasteiger partial charge is 0.410 e. The molecule has 2 aliphatic heterocycles. The summed E-state index contributed by atoms with van der Waals surface area (Å²) in [5.74, 6) is 0.444.